The summed E-state index contributed by atoms with van der Waals surface area (Å²) in [5.41, 5.74) is 4.39. The van der Waals surface area contributed by atoms with Gasteiger partial charge in [-0.05, 0) is 29.2 Å². The first-order valence-electron chi connectivity index (χ1n) is 12.1. The number of esters is 1. The third-order valence-electron chi connectivity index (χ3n) is 6.82. The van der Waals surface area contributed by atoms with Crippen LogP contribution < -0.4 is 17.3 Å². The second-order valence-electron chi connectivity index (χ2n) is 8.81. The number of rotatable bonds is 8. The predicted molar refractivity (Wildman–Crippen MR) is 134 cm³/mol. The van der Waals surface area contributed by atoms with Crippen LogP contribution in [0.4, 0.5) is 0 Å². The fourth-order valence-corrected chi connectivity index (χ4v) is 4.98. The second-order valence-corrected chi connectivity index (χ2v) is 8.81. The van der Waals surface area contributed by atoms with Crippen molar-refractivity contribution in [3.8, 4) is 0 Å². The molecule has 0 spiro atoms. The maximum Gasteiger partial charge on any atom is 0.317 e. The molecule has 3 aromatic carbocycles. The van der Waals surface area contributed by atoms with E-state index in [-0.39, 0.29) is 18.4 Å². The molecule has 178 valence electrons. The Morgan fingerprint density at radius 2 is 1.35 bits per heavy atom. The molecule has 1 aliphatic rings. The molecule has 0 unspecified atom stereocenters. The molecule has 1 N–H and O–H groups in total. The normalized spacial score (nSPS) is 19.5. The molecule has 4 heteroatoms. The summed E-state index contributed by atoms with van der Waals surface area (Å²) in [5, 5.41) is 0. The number of likely N-dealkylation sites (tertiary alicyclic amines) is 1. The average Bonchev–Trinajstić information content (AvgIpc) is 2.89. The Hall–Kier alpha value is -2.88. The number of nitrogens with one attached hydrogen (secondary N) is 1. The van der Waals surface area contributed by atoms with Gasteiger partial charge in [-0.25, -0.2) is 0 Å². The van der Waals surface area contributed by atoms with Gasteiger partial charge in [-0.3, -0.25) is 4.79 Å². The van der Waals surface area contributed by atoms with E-state index in [2.05, 4.69) is 78.9 Å². The topological polar surface area (TPSA) is 30.7 Å². The largest absolute Gasteiger partial charge is 1.00 e. The summed E-state index contributed by atoms with van der Waals surface area (Å²) < 4.78 is 5.53. The molecule has 3 aromatic rings. The number of hydrogen-bond donors (Lipinski definition) is 1. The third-order valence-corrected chi connectivity index (χ3v) is 6.82. The highest BCUT2D eigenvalue weighted by molar-refractivity contribution is 5.83. The van der Waals surface area contributed by atoms with Gasteiger partial charge < -0.3 is 22.0 Å². The molecular weight excluding hydrogens is 442 g/mol. The van der Waals surface area contributed by atoms with Crippen LogP contribution in [0.3, 0.4) is 0 Å². The molecule has 1 saturated heterocycles. The number of carbonyl (C=O) groups excluding carboxylic acids is 1. The van der Waals surface area contributed by atoms with E-state index in [1.807, 2.05) is 25.1 Å². The summed E-state index contributed by atoms with van der Waals surface area (Å²) in [5.74, 6) is -0.0643. The van der Waals surface area contributed by atoms with Crippen LogP contribution in [0.1, 0.15) is 42.9 Å². The molecule has 0 bridgehead atoms. The van der Waals surface area contributed by atoms with Crippen molar-refractivity contribution in [2.45, 2.75) is 31.6 Å². The molecular formula is C30H34ClNO2. The lowest BCUT2D eigenvalue weighted by molar-refractivity contribution is -0.905. The number of benzene rings is 3. The monoisotopic (exact) mass is 475 g/mol. The van der Waals surface area contributed by atoms with E-state index >= 15 is 0 Å². The molecule has 4 rings (SSSR count). The van der Waals surface area contributed by atoms with Gasteiger partial charge >= 0.3 is 5.97 Å². The lowest BCUT2D eigenvalue weighted by Crippen LogP contribution is -3.13. The third kappa shape index (κ3) is 5.97. The minimum atomic E-state index is -0.504. The van der Waals surface area contributed by atoms with Crippen molar-refractivity contribution in [1.82, 2.24) is 0 Å². The molecule has 0 radical (unpaired) electrons. The number of carbonyl (C=O) groups is 1. The molecule has 3 nitrogen and oxygen atoms in total. The van der Waals surface area contributed by atoms with E-state index in [0.29, 0.717) is 6.61 Å². The summed E-state index contributed by atoms with van der Waals surface area (Å²) in [7, 11) is 0. The highest BCUT2D eigenvalue weighted by Crippen LogP contribution is 2.34. The molecule has 0 aliphatic carbocycles. The van der Waals surface area contributed by atoms with Gasteiger partial charge in [-0.1, -0.05) is 97.1 Å². The summed E-state index contributed by atoms with van der Waals surface area (Å²) in [4.78, 5) is 14.6. The Kier molecular flexibility index (Phi) is 9.50. The van der Waals surface area contributed by atoms with Crippen molar-refractivity contribution in [3.05, 3.63) is 114 Å². The average molecular weight is 476 g/mol. The van der Waals surface area contributed by atoms with Crippen LogP contribution in [0.5, 0.6) is 0 Å². The summed E-state index contributed by atoms with van der Waals surface area (Å²) in [6.07, 6.45) is 5.05. The van der Waals surface area contributed by atoms with Crippen molar-refractivity contribution in [1.29, 1.82) is 0 Å². The van der Waals surface area contributed by atoms with Gasteiger partial charge in [-0.2, -0.15) is 0 Å². The maximum absolute atomic E-state index is 13.0. The van der Waals surface area contributed by atoms with Crippen molar-refractivity contribution in [2.75, 3.05) is 26.2 Å². The zero-order valence-corrected chi connectivity index (χ0v) is 20.6. The van der Waals surface area contributed by atoms with Crippen LogP contribution in [-0.2, 0) is 14.9 Å². The van der Waals surface area contributed by atoms with Gasteiger partial charge in [0.05, 0.1) is 26.2 Å². The SMILES string of the molecule is CCOC(=O)C1(c2ccccc2)CC[NH+](CCC=C(c2ccccc2)c2ccccc2)CC1.[Cl-]. The lowest BCUT2D eigenvalue weighted by Gasteiger charge is -2.38. The van der Waals surface area contributed by atoms with Gasteiger partial charge in [-0.15, -0.1) is 0 Å². The van der Waals surface area contributed by atoms with Crippen molar-refractivity contribution < 1.29 is 26.8 Å². The van der Waals surface area contributed by atoms with Crippen LogP contribution in [0.15, 0.2) is 97.1 Å². The van der Waals surface area contributed by atoms with E-state index in [4.69, 9.17) is 4.74 Å². The zero-order chi connectivity index (χ0) is 22.9. The fourth-order valence-electron chi connectivity index (χ4n) is 4.98. The van der Waals surface area contributed by atoms with Crippen LogP contribution in [-0.4, -0.2) is 32.2 Å². The second kappa shape index (κ2) is 12.5. The molecule has 0 aromatic heterocycles. The highest BCUT2D eigenvalue weighted by atomic mass is 35.5. The summed E-state index contributed by atoms with van der Waals surface area (Å²) in [6, 6.07) is 31.4. The van der Waals surface area contributed by atoms with E-state index in [0.717, 1.165) is 44.5 Å². The van der Waals surface area contributed by atoms with Gasteiger partial charge in [0, 0.05) is 19.3 Å². The Morgan fingerprint density at radius 3 is 1.85 bits per heavy atom. The minimum Gasteiger partial charge on any atom is -1.00 e. The molecule has 0 atom stereocenters. The predicted octanol–water partition coefficient (Wildman–Crippen LogP) is 1.69. The van der Waals surface area contributed by atoms with E-state index < -0.39 is 5.41 Å². The Morgan fingerprint density at radius 1 is 0.853 bits per heavy atom. The van der Waals surface area contributed by atoms with Crippen LogP contribution in [0.25, 0.3) is 5.57 Å². The number of piperidine rings is 1. The maximum atomic E-state index is 13.0. The van der Waals surface area contributed by atoms with Gasteiger partial charge in [0.1, 0.15) is 5.41 Å². The van der Waals surface area contributed by atoms with Crippen molar-refractivity contribution in [2.24, 2.45) is 0 Å². The number of ether oxygens (including phenoxy) is 1. The molecule has 1 heterocycles. The van der Waals surface area contributed by atoms with Crippen molar-refractivity contribution in [3.63, 3.8) is 0 Å². The van der Waals surface area contributed by atoms with Gasteiger partial charge in [0.2, 0.25) is 0 Å². The minimum absolute atomic E-state index is 0. The number of halogens is 1. The molecule has 1 aliphatic heterocycles. The van der Waals surface area contributed by atoms with E-state index in [9.17, 15) is 4.79 Å². The van der Waals surface area contributed by atoms with E-state index in [1.54, 1.807) is 4.90 Å². The standard InChI is InChI=1S/C30H33NO2.ClH/c1-2-33-29(32)30(27-17-10-5-11-18-27)20-23-31(24-21-30)22-12-19-28(25-13-6-3-7-14-25)26-15-8-4-9-16-26;/h3-11,13-19H,2,12,20-24H2,1H3;1H. The van der Waals surface area contributed by atoms with Crippen LogP contribution in [0.2, 0.25) is 0 Å². The first kappa shape index (κ1) is 25.7. The molecule has 34 heavy (non-hydrogen) atoms. The first-order chi connectivity index (χ1) is 16.2. The highest BCUT2D eigenvalue weighted by Gasteiger charge is 2.45. The summed E-state index contributed by atoms with van der Waals surface area (Å²) >= 11 is 0. The van der Waals surface area contributed by atoms with Crippen LogP contribution >= 0.6 is 0 Å². The number of quaternary nitrogens is 1. The molecule has 0 amide bonds. The smallest absolute Gasteiger partial charge is 0.317 e. The Labute approximate surface area is 209 Å². The zero-order valence-electron chi connectivity index (χ0n) is 19.9. The van der Waals surface area contributed by atoms with Gasteiger partial charge in [0.25, 0.3) is 0 Å². The van der Waals surface area contributed by atoms with Crippen molar-refractivity contribution >= 4 is 11.5 Å². The quantitative estimate of drug-likeness (QED) is 0.503. The Bertz CT molecular complexity index is 1000. The lowest BCUT2D eigenvalue weighted by atomic mass is 9.72. The summed E-state index contributed by atoms with van der Waals surface area (Å²) in [6.45, 7) is 5.34. The molecule has 1 fully saturated rings. The first-order valence-corrected chi connectivity index (χ1v) is 12.1. The van der Waals surface area contributed by atoms with Crippen LogP contribution in [0, 0.1) is 0 Å². The number of hydrogen-bond acceptors (Lipinski definition) is 2. The van der Waals surface area contributed by atoms with Gasteiger partial charge in [0.15, 0.2) is 0 Å². The van der Waals surface area contributed by atoms with E-state index in [1.165, 1.54) is 16.7 Å². The fraction of sp³-hybridized carbons (Fsp3) is 0.300. The molecule has 0 saturated carbocycles. The Balaban J connectivity index is 0.00000324.